The Bertz CT molecular complexity index is 453. The molecule has 0 saturated carbocycles. The molecule has 0 aliphatic rings. The molecule has 96 valence electrons. The first-order valence-corrected chi connectivity index (χ1v) is 6.37. The summed E-state index contributed by atoms with van der Waals surface area (Å²) in [5.74, 6) is -0.146. The Morgan fingerprint density at radius 2 is 2.17 bits per heavy atom. The van der Waals surface area contributed by atoms with Gasteiger partial charge in [-0.3, -0.25) is 4.79 Å². The minimum absolute atomic E-state index is 0.00713. The van der Waals surface area contributed by atoms with Crippen molar-refractivity contribution in [2.75, 3.05) is 13.1 Å². The Morgan fingerprint density at radius 3 is 2.72 bits per heavy atom. The van der Waals surface area contributed by atoms with Crippen LogP contribution in [0, 0.1) is 17.2 Å². The molecule has 0 aliphatic heterocycles. The Balaban J connectivity index is 2.69. The van der Waals surface area contributed by atoms with Crippen LogP contribution in [0.3, 0.4) is 0 Å². The van der Waals surface area contributed by atoms with Gasteiger partial charge in [0.2, 0.25) is 5.91 Å². The number of nitrogens with zero attached hydrogens (tertiary/aromatic N) is 2. The second-order valence-corrected chi connectivity index (χ2v) is 4.64. The van der Waals surface area contributed by atoms with Crippen LogP contribution in [0.15, 0.2) is 24.3 Å². The average Bonchev–Trinajstić information content (AvgIpc) is 2.38. The van der Waals surface area contributed by atoms with E-state index in [9.17, 15) is 4.79 Å². The van der Waals surface area contributed by atoms with E-state index in [1.165, 1.54) is 0 Å². The SMILES string of the molecule is CCN(CC(C)C#N)C(=O)Cc1ccccc1Cl. The second kappa shape index (κ2) is 7.03. The lowest BCUT2D eigenvalue weighted by atomic mass is 10.1. The zero-order chi connectivity index (χ0) is 13.5. The standard InChI is InChI=1S/C14H17ClN2O/c1-3-17(10-11(2)9-16)14(18)8-12-6-4-5-7-13(12)15/h4-7,11H,3,8,10H2,1-2H3. The van der Waals surface area contributed by atoms with Crippen molar-refractivity contribution in [1.29, 1.82) is 5.26 Å². The van der Waals surface area contributed by atoms with Gasteiger partial charge in [-0.15, -0.1) is 0 Å². The van der Waals surface area contributed by atoms with Crippen molar-refractivity contribution in [3.63, 3.8) is 0 Å². The lowest BCUT2D eigenvalue weighted by molar-refractivity contribution is -0.130. The molecule has 1 atom stereocenters. The Hall–Kier alpha value is -1.53. The lowest BCUT2D eigenvalue weighted by Gasteiger charge is -2.22. The molecule has 1 amide bonds. The Kier molecular flexibility index (Phi) is 5.67. The van der Waals surface area contributed by atoms with E-state index in [1.54, 1.807) is 11.0 Å². The monoisotopic (exact) mass is 264 g/mol. The van der Waals surface area contributed by atoms with Crippen molar-refractivity contribution in [2.45, 2.75) is 20.3 Å². The number of hydrogen-bond acceptors (Lipinski definition) is 2. The molecule has 0 radical (unpaired) electrons. The van der Waals surface area contributed by atoms with E-state index in [-0.39, 0.29) is 18.2 Å². The molecule has 4 heteroatoms. The van der Waals surface area contributed by atoms with Crippen molar-refractivity contribution in [1.82, 2.24) is 4.90 Å². The number of nitriles is 1. The minimum Gasteiger partial charge on any atom is -0.341 e. The topological polar surface area (TPSA) is 44.1 Å². The maximum atomic E-state index is 12.1. The first-order valence-electron chi connectivity index (χ1n) is 5.99. The molecule has 0 fully saturated rings. The van der Waals surface area contributed by atoms with Crippen LogP contribution in [-0.4, -0.2) is 23.9 Å². The van der Waals surface area contributed by atoms with Gasteiger partial charge in [-0.25, -0.2) is 0 Å². The molecule has 0 heterocycles. The van der Waals surface area contributed by atoms with E-state index in [1.807, 2.05) is 32.0 Å². The lowest BCUT2D eigenvalue weighted by Crippen LogP contribution is -2.35. The highest BCUT2D eigenvalue weighted by atomic mass is 35.5. The number of amides is 1. The van der Waals surface area contributed by atoms with Gasteiger partial charge < -0.3 is 4.90 Å². The molecule has 1 unspecified atom stereocenters. The number of carbonyl (C=O) groups is 1. The summed E-state index contributed by atoms with van der Waals surface area (Å²) in [6.45, 7) is 4.80. The van der Waals surface area contributed by atoms with Gasteiger partial charge in [-0.05, 0) is 25.5 Å². The van der Waals surface area contributed by atoms with E-state index in [2.05, 4.69) is 6.07 Å². The normalized spacial score (nSPS) is 11.7. The number of benzene rings is 1. The summed E-state index contributed by atoms with van der Waals surface area (Å²) in [6, 6.07) is 9.47. The molecule has 0 N–H and O–H groups in total. The summed E-state index contributed by atoms with van der Waals surface area (Å²) in [7, 11) is 0. The molecule has 1 rings (SSSR count). The first-order chi connectivity index (χ1) is 8.58. The van der Waals surface area contributed by atoms with Crippen LogP contribution in [-0.2, 0) is 11.2 Å². The van der Waals surface area contributed by atoms with Crippen molar-refractivity contribution in [3.05, 3.63) is 34.9 Å². The third-order valence-corrected chi connectivity index (χ3v) is 3.12. The van der Waals surface area contributed by atoms with E-state index < -0.39 is 0 Å². The van der Waals surface area contributed by atoms with Crippen LogP contribution in [0.5, 0.6) is 0 Å². The third kappa shape index (κ3) is 4.05. The zero-order valence-corrected chi connectivity index (χ0v) is 11.4. The summed E-state index contributed by atoms with van der Waals surface area (Å²) in [4.78, 5) is 13.8. The summed E-state index contributed by atoms with van der Waals surface area (Å²) in [6.07, 6.45) is 0.283. The summed E-state index contributed by atoms with van der Waals surface area (Å²) < 4.78 is 0. The molecule has 18 heavy (non-hydrogen) atoms. The average molecular weight is 265 g/mol. The maximum absolute atomic E-state index is 12.1. The van der Waals surface area contributed by atoms with Gasteiger partial charge in [0.15, 0.2) is 0 Å². The molecule has 0 bridgehead atoms. The van der Waals surface area contributed by atoms with Gasteiger partial charge in [0.1, 0.15) is 0 Å². The fraction of sp³-hybridized carbons (Fsp3) is 0.429. The summed E-state index contributed by atoms with van der Waals surface area (Å²) in [5, 5.41) is 9.39. The Morgan fingerprint density at radius 1 is 1.50 bits per heavy atom. The predicted octanol–water partition coefficient (Wildman–Crippen LogP) is 2.89. The number of rotatable bonds is 5. The molecule has 1 aromatic carbocycles. The van der Waals surface area contributed by atoms with E-state index >= 15 is 0 Å². The van der Waals surface area contributed by atoms with Crippen LogP contribution in [0.4, 0.5) is 0 Å². The zero-order valence-electron chi connectivity index (χ0n) is 10.7. The maximum Gasteiger partial charge on any atom is 0.227 e. The highest BCUT2D eigenvalue weighted by molar-refractivity contribution is 6.31. The minimum atomic E-state index is -0.153. The summed E-state index contributed by atoms with van der Waals surface area (Å²) >= 11 is 6.03. The van der Waals surface area contributed by atoms with E-state index in [4.69, 9.17) is 16.9 Å². The Labute approximate surface area is 113 Å². The molecule has 1 aromatic rings. The van der Waals surface area contributed by atoms with E-state index in [0.29, 0.717) is 18.1 Å². The van der Waals surface area contributed by atoms with Crippen molar-refractivity contribution < 1.29 is 4.79 Å². The van der Waals surface area contributed by atoms with Gasteiger partial charge in [-0.1, -0.05) is 29.8 Å². The van der Waals surface area contributed by atoms with Crippen LogP contribution in [0.1, 0.15) is 19.4 Å². The fourth-order valence-corrected chi connectivity index (χ4v) is 1.90. The van der Waals surface area contributed by atoms with Crippen LogP contribution in [0.2, 0.25) is 5.02 Å². The highest BCUT2D eigenvalue weighted by Gasteiger charge is 2.16. The summed E-state index contributed by atoms with van der Waals surface area (Å²) in [5.41, 5.74) is 0.826. The number of hydrogen-bond donors (Lipinski definition) is 0. The van der Waals surface area contributed by atoms with Gasteiger partial charge in [-0.2, -0.15) is 5.26 Å². The number of carbonyl (C=O) groups excluding carboxylic acids is 1. The molecule has 0 aliphatic carbocycles. The number of halogens is 1. The molecule has 0 aromatic heterocycles. The van der Waals surface area contributed by atoms with Gasteiger partial charge in [0.25, 0.3) is 0 Å². The third-order valence-electron chi connectivity index (χ3n) is 2.75. The van der Waals surface area contributed by atoms with Gasteiger partial charge >= 0.3 is 0 Å². The molecular formula is C14H17ClN2O. The molecule has 0 spiro atoms. The van der Waals surface area contributed by atoms with Gasteiger partial charge in [0, 0.05) is 18.1 Å². The van der Waals surface area contributed by atoms with Crippen LogP contribution < -0.4 is 0 Å². The predicted molar refractivity (Wildman–Crippen MR) is 72.2 cm³/mol. The van der Waals surface area contributed by atoms with Crippen LogP contribution >= 0.6 is 11.6 Å². The van der Waals surface area contributed by atoms with Crippen molar-refractivity contribution in [2.24, 2.45) is 5.92 Å². The van der Waals surface area contributed by atoms with Gasteiger partial charge in [0.05, 0.1) is 18.4 Å². The molecule has 0 saturated heterocycles. The largest absolute Gasteiger partial charge is 0.341 e. The first kappa shape index (κ1) is 14.5. The second-order valence-electron chi connectivity index (χ2n) is 4.23. The number of likely N-dealkylation sites (N-methyl/N-ethyl adjacent to an activating group) is 1. The smallest absolute Gasteiger partial charge is 0.227 e. The molecule has 3 nitrogen and oxygen atoms in total. The van der Waals surface area contributed by atoms with E-state index in [0.717, 1.165) is 5.56 Å². The van der Waals surface area contributed by atoms with Crippen molar-refractivity contribution >= 4 is 17.5 Å². The highest BCUT2D eigenvalue weighted by Crippen LogP contribution is 2.16. The fourth-order valence-electron chi connectivity index (χ4n) is 1.70. The quantitative estimate of drug-likeness (QED) is 0.821. The van der Waals surface area contributed by atoms with Crippen molar-refractivity contribution in [3.8, 4) is 6.07 Å². The van der Waals surface area contributed by atoms with Crippen LogP contribution in [0.25, 0.3) is 0 Å². The molecular weight excluding hydrogens is 248 g/mol.